The Bertz CT molecular complexity index is 331. The molecule has 0 aromatic heterocycles. The minimum Gasteiger partial charge on any atom is -0.387 e. The second-order valence-electron chi connectivity index (χ2n) is 3.44. The maximum Gasteiger partial charge on any atom is 0.129 e. The molecule has 2 N–H and O–H groups in total. The van der Waals surface area contributed by atoms with Crippen molar-refractivity contribution in [2.45, 2.75) is 6.10 Å². The quantitative estimate of drug-likeness (QED) is 0.739. The largest absolute Gasteiger partial charge is 0.387 e. The first-order valence-corrected chi connectivity index (χ1v) is 4.54. The Hall–Kier alpha value is -1.04. The second kappa shape index (κ2) is 5.16. The molecule has 0 heterocycles. The summed E-state index contributed by atoms with van der Waals surface area (Å²) in [5.41, 5.74) is 2.75. The van der Waals surface area contributed by atoms with E-state index < -0.39 is 17.7 Å². The van der Waals surface area contributed by atoms with Crippen LogP contribution in [0, 0.1) is 11.6 Å². The molecule has 3 nitrogen and oxygen atoms in total. The number of benzene rings is 1. The first-order valence-electron chi connectivity index (χ1n) is 4.54. The van der Waals surface area contributed by atoms with Gasteiger partial charge in [0.25, 0.3) is 0 Å². The zero-order valence-corrected chi connectivity index (χ0v) is 8.67. The van der Waals surface area contributed by atoms with Crippen molar-refractivity contribution in [3.8, 4) is 0 Å². The summed E-state index contributed by atoms with van der Waals surface area (Å²) in [6, 6.07) is 3.02. The number of nitrogens with one attached hydrogen (secondary N) is 1. The van der Waals surface area contributed by atoms with Crippen molar-refractivity contribution in [3.63, 3.8) is 0 Å². The molecule has 0 saturated heterocycles. The van der Waals surface area contributed by atoms with Gasteiger partial charge in [-0.05, 0) is 18.2 Å². The maximum absolute atomic E-state index is 13.2. The lowest BCUT2D eigenvalue weighted by atomic mass is 10.1. The molecule has 0 aliphatic carbocycles. The zero-order valence-electron chi connectivity index (χ0n) is 8.67. The van der Waals surface area contributed by atoms with Gasteiger partial charge in [-0.2, -0.15) is 0 Å². The molecule has 5 heteroatoms. The van der Waals surface area contributed by atoms with Gasteiger partial charge in [0.1, 0.15) is 11.6 Å². The molecule has 0 aliphatic heterocycles. The molecule has 15 heavy (non-hydrogen) atoms. The number of hydrazine groups is 1. The van der Waals surface area contributed by atoms with Crippen LogP contribution in [0.5, 0.6) is 0 Å². The van der Waals surface area contributed by atoms with E-state index in [1.54, 1.807) is 19.1 Å². The van der Waals surface area contributed by atoms with Crippen molar-refractivity contribution < 1.29 is 13.9 Å². The Morgan fingerprint density at radius 2 is 2.07 bits per heavy atom. The minimum absolute atomic E-state index is 0.0376. The summed E-state index contributed by atoms with van der Waals surface area (Å²) in [5.74, 6) is -1.17. The highest BCUT2D eigenvalue weighted by atomic mass is 19.1. The zero-order chi connectivity index (χ0) is 11.4. The third kappa shape index (κ3) is 3.54. The number of halogens is 2. The molecular weight excluding hydrogens is 202 g/mol. The van der Waals surface area contributed by atoms with Gasteiger partial charge in [0.15, 0.2) is 0 Å². The van der Waals surface area contributed by atoms with E-state index in [4.69, 9.17) is 0 Å². The summed E-state index contributed by atoms with van der Waals surface area (Å²) in [4.78, 5) is 0. The lowest BCUT2D eigenvalue weighted by molar-refractivity contribution is 0.137. The van der Waals surface area contributed by atoms with Crippen LogP contribution >= 0.6 is 0 Å². The molecule has 0 bridgehead atoms. The highest BCUT2D eigenvalue weighted by molar-refractivity contribution is 5.21. The second-order valence-corrected chi connectivity index (χ2v) is 3.44. The third-order valence-corrected chi connectivity index (χ3v) is 1.92. The first-order chi connectivity index (χ1) is 7.00. The van der Waals surface area contributed by atoms with Gasteiger partial charge in [0, 0.05) is 26.2 Å². The topological polar surface area (TPSA) is 35.5 Å². The molecule has 0 fully saturated rings. The van der Waals surface area contributed by atoms with Crippen molar-refractivity contribution in [2.75, 3.05) is 20.6 Å². The number of hydrogen-bond acceptors (Lipinski definition) is 3. The summed E-state index contributed by atoms with van der Waals surface area (Å²) in [6.07, 6.45) is -1.07. The van der Waals surface area contributed by atoms with Crippen molar-refractivity contribution in [1.82, 2.24) is 10.4 Å². The predicted octanol–water partition coefficient (Wildman–Crippen LogP) is 1.06. The highest BCUT2D eigenvalue weighted by Gasteiger charge is 2.13. The lowest BCUT2D eigenvalue weighted by Crippen LogP contribution is -2.34. The summed E-state index contributed by atoms with van der Waals surface area (Å²) in [6.45, 7) is 0.132. The van der Waals surface area contributed by atoms with Crippen molar-refractivity contribution >= 4 is 0 Å². The van der Waals surface area contributed by atoms with Crippen LogP contribution in [0.4, 0.5) is 8.78 Å². The van der Waals surface area contributed by atoms with Gasteiger partial charge in [0.05, 0.1) is 6.10 Å². The summed E-state index contributed by atoms with van der Waals surface area (Å²) < 4.78 is 26.0. The van der Waals surface area contributed by atoms with E-state index in [2.05, 4.69) is 5.43 Å². The van der Waals surface area contributed by atoms with E-state index >= 15 is 0 Å². The van der Waals surface area contributed by atoms with Crippen molar-refractivity contribution in [1.29, 1.82) is 0 Å². The Balaban J connectivity index is 2.72. The molecule has 1 aromatic rings. The van der Waals surface area contributed by atoms with Crippen LogP contribution in [-0.2, 0) is 0 Å². The van der Waals surface area contributed by atoms with Crippen LogP contribution < -0.4 is 5.43 Å². The molecular formula is C10H14F2N2O. The Morgan fingerprint density at radius 1 is 1.40 bits per heavy atom. The average molecular weight is 216 g/mol. The molecule has 1 rings (SSSR count). The molecule has 0 spiro atoms. The fraction of sp³-hybridized carbons (Fsp3) is 0.400. The fourth-order valence-corrected chi connectivity index (χ4v) is 1.15. The number of aliphatic hydroxyl groups is 1. The van der Waals surface area contributed by atoms with Crippen LogP contribution in [0.1, 0.15) is 11.7 Å². The Morgan fingerprint density at radius 3 is 2.67 bits per heavy atom. The first kappa shape index (κ1) is 12.0. The number of rotatable bonds is 4. The van der Waals surface area contributed by atoms with Gasteiger partial charge in [-0.1, -0.05) is 0 Å². The van der Waals surface area contributed by atoms with Gasteiger partial charge in [-0.3, -0.25) is 10.4 Å². The monoisotopic (exact) mass is 216 g/mol. The maximum atomic E-state index is 13.2. The molecule has 1 atom stereocenters. The van der Waals surface area contributed by atoms with Gasteiger partial charge in [-0.15, -0.1) is 0 Å². The van der Waals surface area contributed by atoms with E-state index in [0.29, 0.717) is 0 Å². The van der Waals surface area contributed by atoms with E-state index in [1.807, 2.05) is 0 Å². The van der Waals surface area contributed by atoms with Gasteiger partial charge < -0.3 is 5.11 Å². The van der Waals surface area contributed by atoms with E-state index in [0.717, 1.165) is 18.2 Å². The molecule has 0 aliphatic rings. The van der Waals surface area contributed by atoms with Gasteiger partial charge in [0.2, 0.25) is 0 Å². The SMILES string of the molecule is CN(C)NCC(O)c1cc(F)ccc1F. The lowest BCUT2D eigenvalue weighted by Gasteiger charge is -2.16. The van der Waals surface area contributed by atoms with E-state index in [1.165, 1.54) is 0 Å². The molecule has 1 aromatic carbocycles. The van der Waals surface area contributed by atoms with Crippen molar-refractivity contribution in [2.24, 2.45) is 0 Å². The van der Waals surface area contributed by atoms with Crippen LogP contribution in [0.15, 0.2) is 18.2 Å². The molecule has 0 amide bonds. The average Bonchev–Trinajstić information content (AvgIpc) is 2.18. The fourth-order valence-electron chi connectivity index (χ4n) is 1.15. The van der Waals surface area contributed by atoms with Gasteiger partial charge >= 0.3 is 0 Å². The van der Waals surface area contributed by atoms with Gasteiger partial charge in [-0.25, -0.2) is 8.78 Å². The summed E-state index contributed by atoms with van der Waals surface area (Å²) in [7, 11) is 3.49. The molecule has 1 unspecified atom stereocenters. The predicted molar refractivity (Wildman–Crippen MR) is 53.0 cm³/mol. The number of aliphatic hydroxyl groups excluding tert-OH is 1. The standard InChI is InChI=1S/C10H14F2N2O/c1-14(2)13-6-10(15)8-5-7(11)3-4-9(8)12/h3-5,10,13,15H,6H2,1-2H3. The molecule has 84 valence electrons. The summed E-state index contributed by atoms with van der Waals surface area (Å²) in [5, 5.41) is 11.2. The minimum atomic E-state index is -1.07. The number of hydrogen-bond donors (Lipinski definition) is 2. The summed E-state index contributed by atoms with van der Waals surface area (Å²) >= 11 is 0. The Labute approximate surface area is 87.3 Å². The highest BCUT2D eigenvalue weighted by Crippen LogP contribution is 2.17. The van der Waals surface area contributed by atoms with Crippen LogP contribution in [0.25, 0.3) is 0 Å². The van der Waals surface area contributed by atoms with Crippen LogP contribution in [0.2, 0.25) is 0 Å². The third-order valence-electron chi connectivity index (χ3n) is 1.92. The molecule has 0 saturated carbocycles. The molecule has 0 radical (unpaired) electrons. The number of nitrogens with zero attached hydrogens (tertiary/aromatic N) is 1. The van der Waals surface area contributed by atoms with Crippen LogP contribution in [-0.4, -0.2) is 30.8 Å². The van der Waals surface area contributed by atoms with E-state index in [9.17, 15) is 13.9 Å². The normalized spacial score (nSPS) is 13.2. The Kier molecular flexibility index (Phi) is 4.14. The smallest absolute Gasteiger partial charge is 0.129 e. The van der Waals surface area contributed by atoms with Crippen LogP contribution in [0.3, 0.4) is 0 Å². The van der Waals surface area contributed by atoms with Crippen molar-refractivity contribution in [3.05, 3.63) is 35.4 Å². The van der Waals surface area contributed by atoms with E-state index in [-0.39, 0.29) is 12.1 Å².